The molecule has 0 aromatic heterocycles. The van der Waals surface area contributed by atoms with Gasteiger partial charge in [0.25, 0.3) is 0 Å². The van der Waals surface area contributed by atoms with Gasteiger partial charge >= 0.3 is 0 Å². The number of nitrogens with one attached hydrogen (secondary N) is 2. The molecule has 0 radical (unpaired) electrons. The summed E-state index contributed by atoms with van der Waals surface area (Å²) < 4.78 is 0. The van der Waals surface area contributed by atoms with Crippen LogP contribution in [-0.4, -0.2) is 5.91 Å². The summed E-state index contributed by atoms with van der Waals surface area (Å²) in [4.78, 5) is 11.5. The fourth-order valence-corrected chi connectivity index (χ4v) is 1.96. The van der Waals surface area contributed by atoms with Gasteiger partial charge in [-0.1, -0.05) is 25.1 Å². The smallest absolute Gasteiger partial charge is 0.224 e. The van der Waals surface area contributed by atoms with E-state index in [9.17, 15) is 4.79 Å². The van der Waals surface area contributed by atoms with E-state index in [2.05, 4.69) is 23.6 Å². The molecule has 0 fully saturated rings. The van der Waals surface area contributed by atoms with Gasteiger partial charge < -0.3 is 10.6 Å². The average Bonchev–Trinajstić information content (AvgIpc) is 2.44. The number of para-hydroxylation sites is 1. The second-order valence-corrected chi connectivity index (χ2v) is 4.82. The first-order valence-corrected chi connectivity index (χ1v) is 6.91. The van der Waals surface area contributed by atoms with Crippen LogP contribution in [-0.2, 0) is 4.79 Å². The van der Waals surface area contributed by atoms with Crippen molar-refractivity contribution in [2.75, 3.05) is 10.6 Å². The van der Waals surface area contributed by atoms with Crippen LogP contribution in [0.2, 0.25) is 0 Å². The van der Waals surface area contributed by atoms with Crippen LogP contribution in [0.4, 0.5) is 17.1 Å². The molecule has 104 valence electrons. The molecule has 0 heterocycles. The zero-order valence-electron chi connectivity index (χ0n) is 11.9. The molecular formula is C17H20N2O. The number of carbonyl (C=O) groups excluding carboxylic acids is 1. The Morgan fingerprint density at radius 1 is 1.00 bits per heavy atom. The molecule has 2 aromatic rings. The summed E-state index contributed by atoms with van der Waals surface area (Å²) in [5, 5.41) is 6.24. The molecule has 3 nitrogen and oxygen atoms in total. The zero-order chi connectivity index (χ0) is 14.4. The normalized spacial score (nSPS) is 10.1. The van der Waals surface area contributed by atoms with E-state index >= 15 is 0 Å². The quantitative estimate of drug-likeness (QED) is 0.839. The van der Waals surface area contributed by atoms with Gasteiger partial charge in [-0.15, -0.1) is 0 Å². The second-order valence-electron chi connectivity index (χ2n) is 4.82. The molecule has 0 unspecified atom stereocenters. The van der Waals surface area contributed by atoms with E-state index in [1.165, 1.54) is 5.56 Å². The SMILES string of the molecule is CCCC(=O)Nc1ccc(Nc2ccccc2C)cc1. The molecule has 0 aliphatic heterocycles. The van der Waals surface area contributed by atoms with Crippen molar-refractivity contribution in [3.63, 3.8) is 0 Å². The first-order chi connectivity index (χ1) is 9.69. The maximum absolute atomic E-state index is 11.5. The maximum atomic E-state index is 11.5. The highest BCUT2D eigenvalue weighted by Gasteiger charge is 2.01. The van der Waals surface area contributed by atoms with Crippen LogP contribution in [0.5, 0.6) is 0 Å². The van der Waals surface area contributed by atoms with Gasteiger partial charge in [-0.2, -0.15) is 0 Å². The van der Waals surface area contributed by atoms with Gasteiger partial charge in [-0.25, -0.2) is 0 Å². The second kappa shape index (κ2) is 6.75. The number of rotatable bonds is 5. The van der Waals surface area contributed by atoms with E-state index in [4.69, 9.17) is 0 Å². The van der Waals surface area contributed by atoms with E-state index in [0.29, 0.717) is 6.42 Å². The summed E-state index contributed by atoms with van der Waals surface area (Å²) >= 11 is 0. The molecule has 1 amide bonds. The Morgan fingerprint density at radius 2 is 1.65 bits per heavy atom. The molecule has 3 heteroatoms. The lowest BCUT2D eigenvalue weighted by Crippen LogP contribution is -2.10. The fraction of sp³-hybridized carbons (Fsp3) is 0.235. The summed E-state index contributed by atoms with van der Waals surface area (Å²) in [6.45, 7) is 4.07. The molecule has 20 heavy (non-hydrogen) atoms. The third kappa shape index (κ3) is 3.85. The number of benzene rings is 2. The Morgan fingerprint density at radius 3 is 2.30 bits per heavy atom. The molecule has 0 bridgehead atoms. The van der Waals surface area contributed by atoms with Crippen LogP contribution < -0.4 is 10.6 Å². The first kappa shape index (κ1) is 14.1. The summed E-state index contributed by atoms with van der Waals surface area (Å²) in [5.74, 6) is 0.0621. The van der Waals surface area contributed by atoms with Gasteiger partial charge in [0.2, 0.25) is 5.91 Å². The first-order valence-electron chi connectivity index (χ1n) is 6.91. The van der Waals surface area contributed by atoms with Crippen molar-refractivity contribution < 1.29 is 4.79 Å². The van der Waals surface area contributed by atoms with Gasteiger partial charge in [-0.05, 0) is 49.2 Å². The Hall–Kier alpha value is -2.29. The van der Waals surface area contributed by atoms with Crippen molar-refractivity contribution in [1.82, 2.24) is 0 Å². The van der Waals surface area contributed by atoms with Crippen molar-refractivity contribution in [3.8, 4) is 0 Å². The molecule has 0 saturated heterocycles. The number of aryl methyl sites for hydroxylation is 1. The third-order valence-electron chi connectivity index (χ3n) is 3.07. The van der Waals surface area contributed by atoms with Crippen LogP contribution >= 0.6 is 0 Å². The predicted molar refractivity (Wildman–Crippen MR) is 84.4 cm³/mol. The topological polar surface area (TPSA) is 41.1 Å². The molecule has 2 aromatic carbocycles. The van der Waals surface area contributed by atoms with Crippen molar-refractivity contribution in [1.29, 1.82) is 0 Å². The monoisotopic (exact) mass is 268 g/mol. The summed E-state index contributed by atoms with van der Waals surface area (Å²) in [6.07, 6.45) is 1.42. The fourth-order valence-electron chi connectivity index (χ4n) is 1.96. The highest BCUT2D eigenvalue weighted by Crippen LogP contribution is 2.21. The van der Waals surface area contributed by atoms with Crippen molar-refractivity contribution >= 4 is 23.0 Å². The summed E-state index contributed by atoms with van der Waals surface area (Å²) in [6, 6.07) is 15.9. The lowest BCUT2D eigenvalue weighted by Gasteiger charge is -2.10. The average molecular weight is 268 g/mol. The van der Waals surface area contributed by atoms with E-state index in [1.807, 2.05) is 49.4 Å². The van der Waals surface area contributed by atoms with Crippen molar-refractivity contribution in [2.45, 2.75) is 26.7 Å². The third-order valence-corrected chi connectivity index (χ3v) is 3.07. The van der Waals surface area contributed by atoms with Crippen molar-refractivity contribution in [3.05, 3.63) is 54.1 Å². The molecule has 0 atom stereocenters. The van der Waals surface area contributed by atoms with Gasteiger partial charge in [0.1, 0.15) is 0 Å². The van der Waals surface area contributed by atoms with Crippen LogP contribution in [0.1, 0.15) is 25.3 Å². The molecule has 0 saturated carbocycles. The molecule has 2 rings (SSSR count). The molecule has 0 aliphatic rings. The highest BCUT2D eigenvalue weighted by molar-refractivity contribution is 5.90. The lowest BCUT2D eigenvalue weighted by molar-refractivity contribution is -0.116. The number of hydrogen-bond donors (Lipinski definition) is 2. The highest BCUT2D eigenvalue weighted by atomic mass is 16.1. The number of anilines is 3. The standard InChI is InChI=1S/C17H20N2O/c1-3-6-17(20)19-15-11-9-14(10-12-15)18-16-8-5-4-7-13(16)2/h4-5,7-12,18H,3,6H2,1-2H3,(H,19,20). The Bertz CT molecular complexity index is 576. The van der Waals surface area contributed by atoms with Gasteiger partial charge in [-0.3, -0.25) is 4.79 Å². The van der Waals surface area contributed by atoms with Crippen LogP contribution in [0.25, 0.3) is 0 Å². The van der Waals surface area contributed by atoms with Gasteiger partial charge in [0.15, 0.2) is 0 Å². The Kier molecular flexibility index (Phi) is 4.77. The predicted octanol–water partition coefficient (Wildman–Crippen LogP) is 4.48. The summed E-state index contributed by atoms with van der Waals surface area (Å²) in [5.41, 5.74) is 4.13. The molecular weight excluding hydrogens is 248 g/mol. The van der Waals surface area contributed by atoms with E-state index in [1.54, 1.807) is 0 Å². The molecule has 0 spiro atoms. The van der Waals surface area contributed by atoms with E-state index < -0.39 is 0 Å². The van der Waals surface area contributed by atoms with Crippen LogP contribution in [0.15, 0.2) is 48.5 Å². The molecule has 0 aliphatic carbocycles. The van der Waals surface area contributed by atoms with Gasteiger partial charge in [0.05, 0.1) is 0 Å². The minimum atomic E-state index is 0.0621. The summed E-state index contributed by atoms with van der Waals surface area (Å²) in [7, 11) is 0. The number of carbonyl (C=O) groups is 1. The number of hydrogen-bond acceptors (Lipinski definition) is 2. The van der Waals surface area contributed by atoms with E-state index in [0.717, 1.165) is 23.5 Å². The minimum absolute atomic E-state index is 0.0621. The Balaban J connectivity index is 2.02. The van der Waals surface area contributed by atoms with Gasteiger partial charge in [0, 0.05) is 23.5 Å². The minimum Gasteiger partial charge on any atom is -0.355 e. The van der Waals surface area contributed by atoms with E-state index in [-0.39, 0.29) is 5.91 Å². The lowest BCUT2D eigenvalue weighted by atomic mass is 10.2. The zero-order valence-corrected chi connectivity index (χ0v) is 11.9. The molecule has 2 N–H and O–H groups in total. The van der Waals surface area contributed by atoms with Crippen LogP contribution in [0.3, 0.4) is 0 Å². The number of amides is 1. The van der Waals surface area contributed by atoms with Crippen LogP contribution in [0, 0.1) is 6.92 Å². The van der Waals surface area contributed by atoms with Crippen molar-refractivity contribution in [2.24, 2.45) is 0 Å². The Labute approximate surface area is 120 Å². The maximum Gasteiger partial charge on any atom is 0.224 e. The largest absolute Gasteiger partial charge is 0.355 e.